The molecule has 1 aliphatic heterocycles. The number of nitrogens with zero attached hydrogens (tertiary/aromatic N) is 5. The number of rotatable bonds is 9. The molecule has 1 aliphatic rings. The Morgan fingerprint density at radius 3 is 2.66 bits per heavy atom. The molecule has 1 amide bonds. The summed E-state index contributed by atoms with van der Waals surface area (Å²) in [5.41, 5.74) is 0.105. The Kier molecular flexibility index (Phi) is 7.89. The molecular weight excluding hydrogens is 549 g/mol. The average Bonchev–Trinajstić information content (AvgIpc) is 3.53. The molecule has 3 heterocycles. The van der Waals surface area contributed by atoms with Crippen LogP contribution in [0.2, 0.25) is 5.02 Å². The number of benzene rings is 2. The van der Waals surface area contributed by atoms with Crippen molar-refractivity contribution in [2.45, 2.75) is 31.2 Å². The Morgan fingerprint density at radius 1 is 1.24 bits per heavy atom. The SMILES string of the molecule is CCC(O)(c1cc(F)c2c(c1)C(=O)N(C(c1cccc(Cl)c1)c1ccc(C#N)cn1)[C@@H]2OCCO)c1cn(C)cn1. The molecule has 9 nitrogen and oxygen atoms in total. The fraction of sp³-hybridized carbons (Fsp3) is 0.267. The van der Waals surface area contributed by atoms with Gasteiger partial charge in [0.05, 0.1) is 42.1 Å². The summed E-state index contributed by atoms with van der Waals surface area (Å²) in [6.07, 6.45) is 3.50. The summed E-state index contributed by atoms with van der Waals surface area (Å²) in [5, 5.41) is 30.9. The minimum absolute atomic E-state index is 0.00594. The standard InChI is InChI=1S/C30H27ClFN5O4/c1-3-30(40,25-16-36(2)17-35-25)20-12-22-26(23(32)13-20)29(41-10-9-38)37(28(22)39)27(19-5-4-6-21(31)11-19)24-8-7-18(14-33)15-34-24/h4-8,11-13,15-17,27,29,38,40H,3,9-10H2,1-2H3/t27?,29-,30?/m1/s1. The molecule has 2 N–H and O–H groups in total. The first-order valence-corrected chi connectivity index (χ1v) is 13.3. The number of nitriles is 1. The number of fused-ring (bicyclic) bond motifs is 1. The second-order valence-corrected chi connectivity index (χ2v) is 10.2. The maximum Gasteiger partial charge on any atom is 0.257 e. The van der Waals surface area contributed by atoms with Crippen LogP contribution >= 0.6 is 11.6 Å². The van der Waals surface area contributed by atoms with Gasteiger partial charge in [-0.25, -0.2) is 9.37 Å². The van der Waals surface area contributed by atoms with E-state index in [0.717, 1.165) is 0 Å². The molecule has 41 heavy (non-hydrogen) atoms. The molecule has 2 aromatic heterocycles. The summed E-state index contributed by atoms with van der Waals surface area (Å²) >= 11 is 6.32. The first kappa shape index (κ1) is 28.4. The zero-order valence-electron chi connectivity index (χ0n) is 22.3. The molecule has 0 bridgehead atoms. The van der Waals surface area contributed by atoms with Crippen LogP contribution in [0.1, 0.15) is 69.6 Å². The first-order valence-electron chi connectivity index (χ1n) is 12.9. The molecule has 210 valence electrons. The first-order chi connectivity index (χ1) is 19.7. The van der Waals surface area contributed by atoms with Crippen LogP contribution in [-0.4, -0.2) is 48.8 Å². The number of carbonyl (C=O) groups excluding carboxylic acids is 1. The second-order valence-electron chi connectivity index (χ2n) is 9.76. The van der Waals surface area contributed by atoms with Crippen LogP contribution in [0.15, 0.2) is 67.3 Å². The number of ether oxygens (including phenoxy) is 1. The molecule has 0 saturated heterocycles. The molecule has 0 spiro atoms. The minimum atomic E-state index is -1.66. The molecule has 0 fully saturated rings. The fourth-order valence-electron chi connectivity index (χ4n) is 5.19. The van der Waals surface area contributed by atoms with Crippen LogP contribution in [0.25, 0.3) is 0 Å². The van der Waals surface area contributed by atoms with Gasteiger partial charge in [-0.05, 0) is 53.9 Å². The van der Waals surface area contributed by atoms with E-state index < -0.39 is 29.6 Å². The number of hydrogen-bond donors (Lipinski definition) is 2. The van der Waals surface area contributed by atoms with Gasteiger partial charge in [-0.3, -0.25) is 14.7 Å². The molecule has 2 unspecified atom stereocenters. The quantitative estimate of drug-likeness (QED) is 0.303. The molecule has 5 rings (SSSR count). The maximum atomic E-state index is 16.1. The third-order valence-corrected chi connectivity index (χ3v) is 7.45. The predicted octanol–water partition coefficient (Wildman–Crippen LogP) is 4.38. The van der Waals surface area contributed by atoms with Gasteiger partial charge in [0.15, 0.2) is 6.23 Å². The molecule has 0 saturated carbocycles. The lowest BCUT2D eigenvalue weighted by atomic mass is 9.86. The third kappa shape index (κ3) is 5.09. The lowest BCUT2D eigenvalue weighted by Crippen LogP contribution is -2.35. The number of pyridine rings is 1. The number of aliphatic hydroxyl groups excluding tert-OH is 1. The van der Waals surface area contributed by atoms with Crippen molar-refractivity contribution in [1.29, 1.82) is 5.26 Å². The van der Waals surface area contributed by atoms with Crippen LogP contribution < -0.4 is 0 Å². The van der Waals surface area contributed by atoms with Gasteiger partial charge >= 0.3 is 0 Å². The number of aliphatic hydroxyl groups is 2. The van der Waals surface area contributed by atoms with Gasteiger partial charge in [0.25, 0.3) is 5.91 Å². The van der Waals surface area contributed by atoms with Gasteiger partial charge in [0.1, 0.15) is 23.5 Å². The maximum absolute atomic E-state index is 16.1. The highest BCUT2D eigenvalue weighted by Gasteiger charge is 2.46. The van der Waals surface area contributed by atoms with Crippen molar-refractivity contribution < 1.29 is 24.1 Å². The van der Waals surface area contributed by atoms with Crippen LogP contribution in [0, 0.1) is 17.1 Å². The van der Waals surface area contributed by atoms with E-state index >= 15 is 4.39 Å². The summed E-state index contributed by atoms with van der Waals surface area (Å²) in [6.45, 7) is 1.21. The second kappa shape index (κ2) is 11.4. The van der Waals surface area contributed by atoms with Crippen LogP contribution in [-0.2, 0) is 17.4 Å². The number of hydrogen-bond acceptors (Lipinski definition) is 7. The number of carbonyl (C=O) groups is 1. The zero-order chi connectivity index (χ0) is 29.3. The third-order valence-electron chi connectivity index (χ3n) is 7.22. The van der Waals surface area contributed by atoms with Gasteiger partial charge in [0, 0.05) is 30.0 Å². The molecule has 0 aliphatic carbocycles. The van der Waals surface area contributed by atoms with E-state index in [4.69, 9.17) is 16.3 Å². The van der Waals surface area contributed by atoms with Gasteiger partial charge in [-0.1, -0.05) is 30.7 Å². The molecular formula is C30H27ClFN5O4. The van der Waals surface area contributed by atoms with Crippen molar-refractivity contribution in [2.75, 3.05) is 13.2 Å². The zero-order valence-corrected chi connectivity index (χ0v) is 23.1. The smallest absolute Gasteiger partial charge is 0.257 e. The van der Waals surface area contributed by atoms with Gasteiger partial charge in [0.2, 0.25) is 0 Å². The normalized spacial score (nSPS) is 16.8. The van der Waals surface area contributed by atoms with Gasteiger partial charge in [-0.2, -0.15) is 5.26 Å². The highest BCUT2D eigenvalue weighted by Crippen LogP contribution is 2.46. The van der Waals surface area contributed by atoms with E-state index in [-0.39, 0.29) is 36.3 Å². The Hall–Kier alpha value is -4.14. The number of aryl methyl sites for hydroxylation is 1. The van der Waals surface area contributed by atoms with E-state index in [0.29, 0.717) is 27.5 Å². The van der Waals surface area contributed by atoms with Crippen molar-refractivity contribution in [1.82, 2.24) is 19.4 Å². The number of aromatic nitrogens is 3. The van der Waals surface area contributed by atoms with Crippen LogP contribution in [0.4, 0.5) is 4.39 Å². The van der Waals surface area contributed by atoms with Gasteiger partial charge < -0.3 is 19.5 Å². The van der Waals surface area contributed by atoms with Crippen LogP contribution in [0.5, 0.6) is 0 Å². The highest BCUT2D eigenvalue weighted by molar-refractivity contribution is 6.30. The number of amides is 1. The summed E-state index contributed by atoms with van der Waals surface area (Å²) in [6, 6.07) is 13.8. The van der Waals surface area contributed by atoms with E-state index in [1.54, 1.807) is 61.1 Å². The summed E-state index contributed by atoms with van der Waals surface area (Å²) in [7, 11) is 1.76. The lowest BCUT2D eigenvalue weighted by Gasteiger charge is -2.33. The molecule has 4 aromatic rings. The highest BCUT2D eigenvalue weighted by atomic mass is 35.5. The predicted molar refractivity (Wildman–Crippen MR) is 147 cm³/mol. The Labute approximate surface area is 241 Å². The van der Waals surface area contributed by atoms with E-state index in [1.807, 2.05) is 6.07 Å². The van der Waals surface area contributed by atoms with Crippen molar-refractivity contribution in [3.8, 4) is 6.07 Å². The van der Waals surface area contributed by atoms with E-state index in [1.165, 1.54) is 29.6 Å². The van der Waals surface area contributed by atoms with Crippen LogP contribution in [0.3, 0.4) is 0 Å². The van der Waals surface area contributed by atoms with Crippen molar-refractivity contribution >= 4 is 17.5 Å². The largest absolute Gasteiger partial charge is 0.394 e. The van der Waals surface area contributed by atoms with E-state index in [9.17, 15) is 20.3 Å². The Balaban J connectivity index is 1.69. The fourth-order valence-corrected chi connectivity index (χ4v) is 5.39. The molecule has 0 radical (unpaired) electrons. The average molecular weight is 576 g/mol. The lowest BCUT2D eigenvalue weighted by molar-refractivity contribution is -0.0623. The Bertz CT molecular complexity index is 1640. The van der Waals surface area contributed by atoms with E-state index in [2.05, 4.69) is 9.97 Å². The molecule has 11 heteroatoms. The number of halogens is 2. The molecule has 2 aromatic carbocycles. The molecule has 3 atom stereocenters. The van der Waals surface area contributed by atoms with Gasteiger partial charge in [-0.15, -0.1) is 0 Å². The van der Waals surface area contributed by atoms with Crippen molar-refractivity contribution in [2.24, 2.45) is 7.05 Å². The monoisotopic (exact) mass is 575 g/mol. The summed E-state index contributed by atoms with van der Waals surface area (Å²) in [5.74, 6) is -1.32. The van der Waals surface area contributed by atoms with Crippen molar-refractivity contribution in [3.63, 3.8) is 0 Å². The summed E-state index contributed by atoms with van der Waals surface area (Å²) in [4.78, 5) is 24.3. The van der Waals surface area contributed by atoms with Crippen molar-refractivity contribution in [3.05, 3.63) is 117 Å². The number of imidazole rings is 1. The summed E-state index contributed by atoms with van der Waals surface area (Å²) < 4.78 is 23.6. The Morgan fingerprint density at radius 2 is 2.05 bits per heavy atom. The topological polar surface area (TPSA) is 125 Å². The minimum Gasteiger partial charge on any atom is -0.394 e.